The van der Waals surface area contributed by atoms with Crippen LogP contribution in [-0.2, 0) is 0 Å². The summed E-state index contributed by atoms with van der Waals surface area (Å²) in [5.74, 6) is 0.221. The smallest absolute Gasteiger partial charge is 0.274 e. The topological polar surface area (TPSA) is 67.3 Å². The van der Waals surface area contributed by atoms with Gasteiger partial charge in [0.25, 0.3) is 5.91 Å². The molecule has 1 aromatic carbocycles. The van der Waals surface area contributed by atoms with Crippen molar-refractivity contribution in [2.45, 2.75) is 32.7 Å². The van der Waals surface area contributed by atoms with E-state index in [-0.39, 0.29) is 17.7 Å². The maximum Gasteiger partial charge on any atom is 0.274 e. The Balaban J connectivity index is 1.71. The van der Waals surface area contributed by atoms with Crippen molar-refractivity contribution < 1.29 is 13.9 Å². The molecule has 138 valence electrons. The number of amides is 1. The molecule has 7 heteroatoms. The third-order valence-corrected chi connectivity index (χ3v) is 4.37. The first-order valence-corrected chi connectivity index (χ1v) is 8.88. The lowest BCUT2D eigenvalue weighted by Gasteiger charge is -2.17. The van der Waals surface area contributed by atoms with Gasteiger partial charge in [0.1, 0.15) is 11.5 Å². The zero-order valence-corrected chi connectivity index (χ0v) is 15.0. The largest absolute Gasteiger partial charge is 0.491 e. The molecule has 1 amide bonds. The van der Waals surface area contributed by atoms with Crippen molar-refractivity contribution in [2.75, 3.05) is 25.0 Å². The minimum absolute atomic E-state index is 0.0987. The fourth-order valence-corrected chi connectivity index (χ4v) is 2.98. The lowest BCUT2D eigenvalue weighted by atomic mass is 10.1. The average Bonchev–Trinajstić information content (AvgIpc) is 3.18. The van der Waals surface area contributed by atoms with Gasteiger partial charge in [0, 0.05) is 13.1 Å². The van der Waals surface area contributed by atoms with Gasteiger partial charge >= 0.3 is 0 Å². The number of ether oxygens (including phenoxy) is 1. The van der Waals surface area contributed by atoms with Crippen LogP contribution in [-0.4, -0.2) is 40.5 Å². The number of nitrogens with zero attached hydrogens (tertiary/aromatic N) is 3. The summed E-state index contributed by atoms with van der Waals surface area (Å²) in [4.78, 5) is 22.7. The Bertz CT molecular complexity index is 778. The highest BCUT2D eigenvalue weighted by Crippen LogP contribution is 2.24. The summed E-state index contributed by atoms with van der Waals surface area (Å²) in [6.07, 6.45) is 5.09. The third-order valence-electron chi connectivity index (χ3n) is 4.37. The maximum atomic E-state index is 14.0. The molecule has 1 atom stereocenters. The normalized spacial score (nSPS) is 15.0. The van der Waals surface area contributed by atoms with Crippen LogP contribution in [0.5, 0.6) is 5.75 Å². The molecule has 0 aliphatic carbocycles. The monoisotopic (exact) mass is 358 g/mol. The first-order valence-electron chi connectivity index (χ1n) is 8.88. The summed E-state index contributed by atoms with van der Waals surface area (Å²) in [5.41, 5.74) is 1.07. The molecule has 1 unspecified atom stereocenters. The van der Waals surface area contributed by atoms with Crippen molar-refractivity contribution in [3.8, 4) is 5.75 Å². The quantitative estimate of drug-likeness (QED) is 0.857. The van der Waals surface area contributed by atoms with E-state index in [1.54, 1.807) is 23.2 Å². The van der Waals surface area contributed by atoms with Crippen molar-refractivity contribution in [3.05, 3.63) is 47.7 Å². The molecule has 0 bridgehead atoms. The van der Waals surface area contributed by atoms with E-state index in [9.17, 15) is 9.18 Å². The summed E-state index contributed by atoms with van der Waals surface area (Å²) < 4.78 is 19.3. The molecule has 1 N–H and O–H groups in total. The van der Waals surface area contributed by atoms with E-state index in [0.717, 1.165) is 31.5 Å². The fraction of sp³-hybridized carbons (Fsp3) is 0.421. The summed E-state index contributed by atoms with van der Waals surface area (Å²) in [6, 6.07) is 4.66. The van der Waals surface area contributed by atoms with Gasteiger partial charge in [0.15, 0.2) is 11.6 Å². The number of benzene rings is 1. The number of carbonyl (C=O) groups excluding carboxylic acids is 1. The van der Waals surface area contributed by atoms with Crippen LogP contribution >= 0.6 is 0 Å². The standard InChI is InChI=1S/C19H23FN4O2/c1-3-26-17-7-6-14(10-15(17)20)13(2)22-18-12-21-11-16(23-18)19(25)24-8-4-5-9-24/h6-7,10-13H,3-5,8-9H2,1-2H3,(H,22,23). The molecule has 1 fully saturated rings. The summed E-state index contributed by atoms with van der Waals surface area (Å²) in [7, 11) is 0. The van der Waals surface area contributed by atoms with Gasteiger partial charge in [-0.2, -0.15) is 0 Å². The van der Waals surface area contributed by atoms with E-state index in [1.807, 2.05) is 13.8 Å². The van der Waals surface area contributed by atoms with Gasteiger partial charge in [-0.3, -0.25) is 9.78 Å². The molecule has 2 heterocycles. The number of hydrogen-bond acceptors (Lipinski definition) is 5. The van der Waals surface area contributed by atoms with E-state index in [4.69, 9.17) is 4.74 Å². The number of hydrogen-bond donors (Lipinski definition) is 1. The number of likely N-dealkylation sites (tertiary alicyclic amines) is 1. The number of rotatable bonds is 6. The molecule has 3 rings (SSSR count). The molecule has 1 aromatic heterocycles. The molecule has 0 radical (unpaired) electrons. The summed E-state index contributed by atoms with van der Waals surface area (Å²) in [6.45, 7) is 5.65. The van der Waals surface area contributed by atoms with Crippen molar-refractivity contribution in [1.29, 1.82) is 0 Å². The van der Waals surface area contributed by atoms with Gasteiger partial charge in [-0.15, -0.1) is 0 Å². The van der Waals surface area contributed by atoms with Crippen molar-refractivity contribution in [3.63, 3.8) is 0 Å². The minimum Gasteiger partial charge on any atom is -0.491 e. The third kappa shape index (κ3) is 4.09. The van der Waals surface area contributed by atoms with E-state index in [1.165, 1.54) is 12.3 Å². The Morgan fingerprint density at radius 3 is 2.81 bits per heavy atom. The van der Waals surface area contributed by atoms with Crippen molar-refractivity contribution >= 4 is 11.7 Å². The van der Waals surface area contributed by atoms with E-state index in [2.05, 4.69) is 15.3 Å². The first-order chi connectivity index (χ1) is 12.6. The highest BCUT2D eigenvalue weighted by Gasteiger charge is 2.21. The summed E-state index contributed by atoms with van der Waals surface area (Å²) in [5, 5.41) is 3.17. The molecular weight excluding hydrogens is 335 g/mol. The van der Waals surface area contributed by atoms with Crippen LogP contribution in [0.15, 0.2) is 30.6 Å². The predicted molar refractivity (Wildman–Crippen MR) is 96.8 cm³/mol. The first kappa shape index (κ1) is 18.1. The average molecular weight is 358 g/mol. The second kappa shape index (κ2) is 8.12. The van der Waals surface area contributed by atoms with Gasteiger partial charge in [-0.05, 0) is 44.4 Å². The van der Waals surface area contributed by atoms with E-state index < -0.39 is 5.82 Å². The Hall–Kier alpha value is -2.70. The molecule has 6 nitrogen and oxygen atoms in total. The molecule has 26 heavy (non-hydrogen) atoms. The zero-order valence-electron chi connectivity index (χ0n) is 15.0. The van der Waals surface area contributed by atoms with Crippen LogP contribution in [0, 0.1) is 5.82 Å². The zero-order chi connectivity index (χ0) is 18.5. The minimum atomic E-state index is -0.401. The Morgan fingerprint density at radius 1 is 1.35 bits per heavy atom. The van der Waals surface area contributed by atoms with Crippen LogP contribution < -0.4 is 10.1 Å². The molecule has 0 saturated carbocycles. The lowest BCUT2D eigenvalue weighted by Crippen LogP contribution is -2.28. The van der Waals surface area contributed by atoms with Crippen molar-refractivity contribution in [1.82, 2.24) is 14.9 Å². The summed E-state index contributed by atoms with van der Waals surface area (Å²) >= 11 is 0. The Labute approximate surface area is 152 Å². The van der Waals surface area contributed by atoms with Gasteiger partial charge in [-0.1, -0.05) is 6.07 Å². The van der Waals surface area contributed by atoms with E-state index in [0.29, 0.717) is 18.1 Å². The number of carbonyl (C=O) groups is 1. The second-order valence-corrected chi connectivity index (χ2v) is 6.28. The van der Waals surface area contributed by atoms with Gasteiger partial charge < -0.3 is 15.0 Å². The van der Waals surface area contributed by atoms with Crippen LogP contribution in [0.1, 0.15) is 48.8 Å². The highest BCUT2D eigenvalue weighted by molar-refractivity contribution is 5.92. The second-order valence-electron chi connectivity index (χ2n) is 6.28. The molecule has 1 saturated heterocycles. The SMILES string of the molecule is CCOc1ccc(C(C)Nc2cncc(C(=O)N3CCCC3)n2)cc1F. The van der Waals surface area contributed by atoms with Gasteiger partial charge in [0.2, 0.25) is 0 Å². The van der Waals surface area contributed by atoms with Crippen LogP contribution in [0.2, 0.25) is 0 Å². The fourth-order valence-electron chi connectivity index (χ4n) is 2.98. The Morgan fingerprint density at radius 2 is 2.12 bits per heavy atom. The molecule has 0 spiro atoms. The van der Waals surface area contributed by atoms with Gasteiger partial charge in [0.05, 0.1) is 25.0 Å². The van der Waals surface area contributed by atoms with Crippen molar-refractivity contribution in [2.24, 2.45) is 0 Å². The molecule has 1 aliphatic heterocycles. The Kier molecular flexibility index (Phi) is 5.65. The molecule has 2 aromatic rings. The maximum absolute atomic E-state index is 14.0. The number of halogens is 1. The number of aromatic nitrogens is 2. The van der Waals surface area contributed by atoms with E-state index >= 15 is 0 Å². The highest BCUT2D eigenvalue weighted by atomic mass is 19.1. The lowest BCUT2D eigenvalue weighted by molar-refractivity contribution is 0.0786. The predicted octanol–water partition coefficient (Wildman–Crippen LogP) is 3.42. The molecular formula is C19H23FN4O2. The number of nitrogens with one attached hydrogen (secondary N) is 1. The molecule has 1 aliphatic rings. The number of anilines is 1. The van der Waals surface area contributed by atoms with Gasteiger partial charge in [-0.25, -0.2) is 9.37 Å². The van der Waals surface area contributed by atoms with Crippen LogP contribution in [0.25, 0.3) is 0 Å². The van der Waals surface area contributed by atoms with Crippen LogP contribution in [0.4, 0.5) is 10.2 Å². The van der Waals surface area contributed by atoms with Crippen LogP contribution in [0.3, 0.4) is 0 Å².